The van der Waals surface area contributed by atoms with Crippen LogP contribution in [-0.2, 0) is 0 Å². The van der Waals surface area contributed by atoms with Gasteiger partial charge in [0.1, 0.15) is 5.82 Å². The van der Waals surface area contributed by atoms with Crippen molar-refractivity contribution in [1.82, 2.24) is 4.98 Å². The average molecular weight is 260 g/mol. The summed E-state index contributed by atoms with van der Waals surface area (Å²) in [5, 5.41) is 6.18. The minimum Gasteiger partial charge on any atom is -0.335 e. The number of allylic oxidation sites excluding steroid dienone is 2. The molecule has 0 bridgehead atoms. The number of hydrogen-bond donors (Lipinski definition) is 1. The number of nitrogens with zero attached hydrogens (tertiary/aromatic N) is 1. The van der Waals surface area contributed by atoms with Gasteiger partial charge in [0.15, 0.2) is 0 Å². The summed E-state index contributed by atoms with van der Waals surface area (Å²) in [6.45, 7) is 12.1. The second-order valence-electron chi connectivity index (χ2n) is 4.22. The molecule has 3 heteroatoms. The van der Waals surface area contributed by atoms with Crippen LogP contribution in [0, 0.1) is 5.92 Å². The van der Waals surface area contributed by atoms with Crippen molar-refractivity contribution in [2.45, 2.75) is 20.3 Å². The third kappa shape index (κ3) is 5.23. The molecule has 0 aliphatic carbocycles. The van der Waals surface area contributed by atoms with Gasteiger partial charge in [-0.25, -0.2) is 4.98 Å². The summed E-state index contributed by atoms with van der Waals surface area (Å²) in [6.07, 6.45) is 4.61. The molecule has 1 N–H and O–H groups in total. The molecule has 0 saturated carbocycles. The number of thioether (sulfide) groups is 1. The quantitative estimate of drug-likeness (QED) is 0.712. The van der Waals surface area contributed by atoms with Crippen molar-refractivity contribution < 1.29 is 0 Å². The fraction of sp³-hybridized carbons (Fsp3) is 0.267. The molecular formula is C15H20N2S. The molecule has 0 aliphatic rings. The van der Waals surface area contributed by atoms with Gasteiger partial charge in [-0.1, -0.05) is 49.9 Å². The first-order chi connectivity index (χ1) is 8.63. The summed E-state index contributed by atoms with van der Waals surface area (Å²) in [4.78, 5) is 4.20. The van der Waals surface area contributed by atoms with Gasteiger partial charge in [0.25, 0.3) is 0 Å². The maximum absolute atomic E-state index is 4.20. The van der Waals surface area contributed by atoms with Crippen molar-refractivity contribution in [1.29, 1.82) is 0 Å². The predicted octanol–water partition coefficient (Wildman–Crippen LogP) is 4.81. The molecule has 1 rings (SSSR count). The van der Waals surface area contributed by atoms with Crippen LogP contribution in [0.5, 0.6) is 0 Å². The minimum atomic E-state index is 0.526. The van der Waals surface area contributed by atoms with Crippen molar-refractivity contribution in [3.8, 4) is 0 Å². The van der Waals surface area contributed by atoms with Gasteiger partial charge in [0.2, 0.25) is 0 Å². The SMILES string of the molecule is C=CC/C(=C\SC(=C)Nc1ccccn1)C(C)C. The van der Waals surface area contributed by atoms with Crippen LogP contribution in [0.1, 0.15) is 20.3 Å². The molecule has 0 unspecified atom stereocenters. The molecule has 18 heavy (non-hydrogen) atoms. The van der Waals surface area contributed by atoms with E-state index in [0.29, 0.717) is 5.92 Å². The van der Waals surface area contributed by atoms with Crippen LogP contribution in [-0.4, -0.2) is 4.98 Å². The van der Waals surface area contributed by atoms with E-state index in [9.17, 15) is 0 Å². The molecule has 0 atom stereocenters. The maximum atomic E-state index is 4.20. The lowest BCUT2D eigenvalue weighted by Gasteiger charge is -2.10. The number of anilines is 1. The second-order valence-corrected chi connectivity index (χ2v) is 5.19. The lowest BCUT2D eigenvalue weighted by Crippen LogP contribution is -1.96. The molecule has 0 radical (unpaired) electrons. The summed E-state index contributed by atoms with van der Waals surface area (Å²) < 4.78 is 0. The zero-order chi connectivity index (χ0) is 13.4. The summed E-state index contributed by atoms with van der Waals surface area (Å²) in [5.74, 6) is 1.34. The zero-order valence-corrected chi connectivity index (χ0v) is 11.8. The van der Waals surface area contributed by atoms with Crippen LogP contribution in [0.4, 0.5) is 5.82 Å². The predicted molar refractivity (Wildman–Crippen MR) is 82.3 cm³/mol. The second kappa shape index (κ2) is 7.77. The molecule has 0 aliphatic heterocycles. The highest BCUT2D eigenvalue weighted by Crippen LogP contribution is 2.23. The van der Waals surface area contributed by atoms with E-state index in [-0.39, 0.29) is 0 Å². The van der Waals surface area contributed by atoms with E-state index in [2.05, 4.69) is 42.7 Å². The van der Waals surface area contributed by atoms with E-state index in [0.717, 1.165) is 17.3 Å². The molecule has 0 amide bonds. The number of rotatable bonds is 7. The Kier molecular flexibility index (Phi) is 6.29. The first kappa shape index (κ1) is 14.6. The largest absolute Gasteiger partial charge is 0.335 e. The topological polar surface area (TPSA) is 24.9 Å². The van der Waals surface area contributed by atoms with Crippen LogP contribution in [0.3, 0.4) is 0 Å². The Hall–Kier alpha value is -1.48. The molecular weight excluding hydrogens is 240 g/mol. The molecule has 0 fully saturated rings. The molecule has 0 saturated heterocycles. The molecule has 0 aromatic carbocycles. The van der Waals surface area contributed by atoms with Crippen LogP contribution in [0.15, 0.2) is 59.6 Å². The third-order valence-electron chi connectivity index (χ3n) is 2.41. The van der Waals surface area contributed by atoms with Crippen LogP contribution < -0.4 is 5.32 Å². The molecule has 1 aromatic rings. The molecule has 2 nitrogen and oxygen atoms in total. The van der Waals surface area contributed by atoms with Gasteiger partial charge in [0.05, 0.1) is 5.03 Å². The number of hydrogen-bond acceptors (Lipinski definition) is 3. The Balaban J connectivity index is 2.54. The number of pyridine rings is 1. The van der Waals surface area contributed by atoms with Gasteiger partial charge in [0, 0.05) is 6.20 Å². The fourth-order valence-electron chi connectivity index (χ4n) is 1.34. The van der Waals surface area contributed by atoms with Gasteiger partial charge in [-0.05, 0) is 29.9 Å². The van der Waals surface area contributed by atoms with Gasteiger partial charge >= 0.3 is 0 Å². The van der Waals surface area contributed by atoms with Crippen molar-refractivity contribution in [3.63, 3.8) is 0 Å². The van der Waals surface area contributed by atoms with Crippen LogP contribution in [0.2, 0.25) is 0 Å². The van der Waals surface area contributed by atoms with E-state index in [4.69, 9.17) is 0 Å². The number of nitrogens with one attached hydrogen (secondary N) is 1. The highest BCUT2D eigenvalue weighted by Gasteiger charge is 2.02. The standard InChI is InChI=1S/C15H20N2S/c1-5-8-14(12(2)3)11-18-13(4)17-15-9-6-7-10-16-15/h5-7,9-12H,1,4,8H2,2-3H3,(H,16,17)/b14-11+. The van der Waals surface area contributed by atoms with Crippen molar-refractivity contribution in [3.05, 3.63) is 59.6 Å². The first-order valence-electron chi connectivity index (χ1n) is 5.97. The normalized spacial score (nSPS) is 11.4. The van der Waals surface area contributed by atoms with E-state index in [1.807, 2.05) is 24.3 Å². The zero-order valence-electron chi connectivity index (χ0n) is 11.0. The van der Waals surface area contributed by atoms with Crippen molar-refractivity contribution in [2.24, 2.45) is 5.92 Å². The third-order valence-corrected chi connectivity index (χ3v) is 3.21. The van der Waals surface area contributed by atoms with Crippen molar-refractivity contribution >= 4 is 17.6 Å². The van der Waals surface area contributed by atoms with Gasteiger partial charge in [-0.3, -0.25) is 0 Å². The fourth-order valence-corrected chi connectivity index (χ4v) is 2.17. The van der Waals surface area contributed by atoms with E-state index in [1.54, 1.807) is 18.0 Å². The van der Waals surface area contributed by atoms with Crippen molar-refractivity contribution in [2.75, 3.05) is 5.32 Å². The monoisotopic (exact) mass is 260 g/mol. The van der Waals surface area contributed by atoms with E-state index >= 15 is 0 Å². The maximum Gasteiger partial charge on any atom is 0.130 e. The highest BCUT2D eigenvalue weighted by atomic mass is 32.2. The summed E-state index contributed by atoms with van der Waals surface area (Å²) in [6, 6.07) is 5.75. The highest BCUT2D eigenvalue weighted by molar-refractivity contribution is 8.05. The Labute approximate surface area is 114 Å². The molecule has 1 heterocycles. The van der Waals surface area contributed by atoms with Gasteiger partial charge in [-0.2, -0.15) is 0 Å². The lowest BCUT2D eigenvalue weighted by atomic mass is 10.0. The molecule has 0 spiro atoms. The van der Waals surface area contributed by atoms with Crippen LogP contribution >= 0.6 is 11.8 Å². The summed E-state index contributed by atoms with van der Waals surface area (Å²) >= 11 is 1.59. The van der Waals surface area contributed by atoms with Gasteiger partial charge in [-0.15, -0.1) is 6.58 Å². The summed E-state index contributed by atoms with van der Waals surface area (Å²) in [5.41, 5.74) is 1.36. The Morgan fingerprint density at radius 1 is 1.50 bits per heavy atom. The lowest BCUT2D eigenvalue weighted by molar-refractivity contribution is 0.750. The first-order valence-corrected chi connectivity index (χ1v) is 6.85. The Morgan fingerprint density at radius 2 is 2.28 bits per heavy atom. The summed E-state index contributed by atoms with van der Waals surface area (Å²) in [7, 11) is 0. The van der Waals surface area contributed by atoms with Crippen LogP contribution in [0.25, 0.3) is 0 Å². The smallest absolute Gasteiger partial charge is 0.130 e. The average Bonchev–Trinajstić information content (AvgIpc) is 2.35. The Bertz CT molecular complexity index is 421. The van der Waals surface area contributed by atoms with Gasteiger partial charge < -0.3 is 5.32 Å². The minimum absolute atomic E-state index is 0.526. The molecule has 1 aromatic heterocycles. The van der Waals surface area contributed by atoms with E-state index < -0.39 is 0 Å². The molecule has 96 valence electrons. The van der Waals surface area contributed by atoms with E-state index in [1.165, 1.54) is 5.57 Å². The number of aromatic nitrogens is 1. The Morgan fingerprint density at radius 3 is 2.83 bits per heavy atom.